The molecule has 1 aromatic carbocycles. The zero-order valence-corrected chi connectivity index (χ0v) is 15.8. The number of benzene rings is 1. The quantitative estimate of drug-likeness (QED) is 0.430. The molecule has 1 aliphatic carbocycles. The van der Waals surface area contributed by atoms with Gasteiger partial charge < -0.3 is 9.84 Å². The van der Waals surface area contributed by atoms with E-state index in [1.807, 2.05) is 0 Å². The molecule has 3 unspecified atom stereocenters. The van der Waals surface area contributed by atoms with E-state index in [0.29, 0.717) is 12.8 Å². The van der Waals surface area contributed by atoms with E-state index in [2.05, 4.69) is 0 Å². The molecule has 1 N–H and O–H groups in total. The number of hydrogen-bond acceptors (Lipinski definition) is 4. The van der Waals surface area contributed by atoms with Crippen molar-refractivity contribution in [2.45, 2.75) is 50.4 Å². The van der Waals surface area contributed by atoms with E-state index in [1.165, 1.54) is 31.2 Å². The minimum Gasteiger partial charge on any atom is -0.450 e. The number of nitrogens with zero attached hydrogens (tertiary/aromatic N) is 1. The lowest BCUT2D eigenvalue weighted by atomic mass is 9.73. The summed E-state index contributed by atoms with van der Waals surface area (Å²) in [7, 11) is 0. The molecule has 0 radical (unpaired) electrons. The summed E-state index contributed by atoms with van der Waals surface area (Å²) in [6, 6.07) is 7.09. The molecule has 1 fully saturated rings. The first-order valence-corrected chi connectivity index (χ1v) is 8.99. The number of rotatable bonds is 7. The van der Waals surface area contributed by atoms with Crippen molar-refractivity contribution >= 4 is 17.6 Å². The number of ether oxygens (including phenoxy) is 1. The van der Waals surface area contributed by atoms with Gasteiger partial charge in [0.05, 0.1) is 12.0 Å². The Morgan fingerprint density at radius 2 is 2.19 bits per heavy atom. The number of halogens is 1. The highest BCUT2D eigenvalue weighted by Crippen LogP contribution is 2.42. The molecule has 0 heterocycles. The SMILES string of the molecule is [2H]C([2H])(C#CC([2H])([2H])N(CC)C([2H])([2H])C([2H])([2H])[2H])OC(=O)C(O)(c1ccccc1)C1([2H])CCCCC1([2H])Cl. The Labute approximate surface area is 183 Å². The molecule has 1 saturated carbocycles. The number of carbonyl (C=O) groups is 1. The zero-order valence-electron chi connectivity index (χ0n) is 26.0. The fraction of sp³-hybridized carbons (Fsp3) is 0.591. The van der Waals surface area contributed by atoms with Gasteiger partial charge in [0.25, 0.3) is 0 Å². The number of alkyl halides is 1. The third kappa shape index (κ3) is 5.48. The second kappa shape index (κ2) is 10.7. The predicted octanol–water partition coefficient (Wildman–Crippen LogP) is 3.56. The minimum atomic E-state index is -3.28. The molecular weight excluding hydrogens is 362 g/mol. The van der Waals surface area contributed by atoms with Crippen LogP contribution in [0.4, 0.5) is 0 Å². The van der Waals surface area contributed by atoms with Gasteiger partial charge in [-0.05, 0) is 31.4 Å². The lowest BCUT2D eigenvalue weighted by Gasteiger charge is -2.39. The second-order valence-corrected chi connectivity index (χ2v) is 6.33. The first-order chi connectivity index (χ1) is 17.1. The lowest BCUT2D eigenvalue weighted by molar-refractivity contribution is -0.173. The lowest BCUT2D eigenvalue weighted by Crippen LogP contribution is -2.48. The maximum absolute atomic E-state index is 13.4. The van der Waals surface area contributed by atoms with Crippen molar-refractivity contribution in [3.8, 4) is 11.8 Å². The Balaban J connectivity index is 2.50. The molecule has 1 aliphatic rings. The normalized spacial score (nSPS) is 35.3. The van der Waals surface area contributed by atoms with E-state index in [0.717, 1.165) is 0 Å². The van der Waals surface area contributed by atoms with E-state index in [1.54, 1.807) is 17.9 Å². The maximum Gasteiger partial charge on any atom is 0.344 e. The van der Waals surface area contributed by atoms with Crippen LogP contribution in [0.5, 0.6) is 0 Å². The first-order valence-electron chi connectivity index (χ1n) is 14.1. The minimum absolute atomic E-state index is 0.0360. The molecular formula is C22H30ClNO3. The highest BCUT2D eigenvalue weighted by molar-refractivity contribution is 6.21. The van der Waals surface area contributed by atoms with Crippen LogP contribution in [0.25, 0.3) is 0 Å². The Morgan fingerprint density at radius 3 is 2.85 bits per heavy atom. The number of aliphatic hydroxyl groups is 1. The van der Waals surface area contributed by atoms with Crippen molar-refractivity contribution in [3.05, 3.63) is 35.9 Å². The van der Waals surface area contributed by atoms with Crippen LogP contribution in [0.1, 0.15) is 60.1 Å². The Kier molecular flexibility index (Phi) is 4.30. The van der Waals surface area contributed by atoms with Gasteiger partial charge in [-0.1, -0.05) is 68.8 Å². The highest BCUT2D eigenvalue weighted by Gasteiger charge is 2.50. The van der Waals surface area contributed by atoms with Gasteiger partial charge in [-0.2, -0.15) is 0 Å². The molecule has 148 valence electrons. The summed E-state index contributed by atoms with van der Waals surface area (Å²) in [5.41, 5.74) is -3.08. The zero-order chi connectivity index (χ0) is 29.4. The van der Waals surface area contributed by atoms with Crippen molar-refractivity contribution in [2.24, 2.45) is 5.89 Å². The van der Waals surface area contributed by atoms with Gasteiger partial charge in [-0.25, -0.2) is 4.79 Å². The van der Waals surface area contributed by atoms with E-state index in [9.17, 15) is 9.90 Å². The summed E-state index contributed by atoms with van der Waals surface area (Å²) in [6.07, 6.45) is 0.593. The van der Waals surface area contributed by atoms with E-state index >= 15 is 0 Å². The Morgan fingerprint density at radius 1 is 1.44 bits per heavy atom. The van der Waals surface area contributed by atoms with Crippen LogP contribution in [-0.2, 0) is 15.1 Å². The van der Waals surface area contributed by atoms with Crippen molar-refractivity contribution in [2.75, 3.05) is 26.1 Å². The van der Waals surface area contributed by atoms with Crippen LogP contribution in [0.15, 0.2) is 30.3 Å². The number of hydrogen-bond donors (Lipinski definition) is 1. The second-order valence-electron chi connectivity index (χ2n) is 5.88. The molecule has 2 rings (SSSR count). The topological polar surface area (TPSA) is 49.8 Å². The van der Waals surface area contributed by atoms with E-state index < -0.39 is 55.8 Å². The van der Waals surface area contributed by atoms with Gasteiger partial charge in [-0.3, -0.25) is 4.90 Å². The van der Waals surface area contributed by atoms with Crippen LogP contribution in [-0.4, -0.2) is 47.4 Å². The number of carbonyl (C=O) groups excluding carboxylic acids is 1. The summed E-state index contributed by atoms with van der Waals surface area (Å²) in [4.78, 5) is 13.7. The maximum atomic E-state index is 13.4. The molecule has 0 amide bonds. The molecule has 5 heteroatoms. The van der Waals surface area contributed by atoms with Crippen LogP contribution in [0.3, 0.4) is 0 Å². The van der Waals surface area contributed by atoms with Gasteiger partial charge in [0, 0.05) is 20.8 Å². The van der Waals surface area contributed by atoms with Gasteiger partial charge in [0.1, 0.15) is 0 Å². The fourth-order valence-electron chi connectivity index (χ4n) is 2.79. The Bertz CT molecular complexity index is 1070. The summed E-state index contributed by atoms with van der Waals surface area (Å²) in [5.74, 6) is -0.493. The molecule has 0 aliphatic heterocycles. The van der Waals surface area contributed by atoms with Gasteiger partial charge >= 0.3 is 5.97 Å². The third-order valence-electron chi connectivity index (χ3n) is 4.22. The van der Waals surface area contributed by atoms with Crippen molar-refractivity contribution < 1.29 is 29.7 Å². The third-order valence-corrected chi connectivity index (χ3v) is 4.64. The highest BCUT2D eigenvalue weighted by atomic mass is 35.5. The van der Waals surface area contributed by atoms with Crippen molar-refractivity contribution in [1.29, 1.82) is 0 Å². The van der Waals surface area contributed by atoms with E-state index in [-0.39, 0.29) is 23.3 Å². The van der Waals surface area contributed by atoms with Crippen LogP contribution in [0.2, 0.25) is 0 Å². The average Bonchev–Trinajstić information content (AvgIpc) is 2.79. The summed E-state index contributed by atoms with van der Waals surface area (Å²) in [5, 5.41) is 9.56. The molecule has 27 heavy (non-hydrogen) atoms. The summed E-state index contributed by atoms with van der Waals surface area (Å²) >= 11 is 6.33. The predicted molar refractivity (Wildman–Crippen MR) is 108 cm³/mol. The smallest absolute Gasteiger partial charge is 0.344 e. The van der Waals surface area contributed by atoms with Gasteiger partial charge in [0.15, 0.2) is 12.2 Å². The molecule has 0 bridgehead atoms. The van der Waals surface area contributed by atoms with Gasteiger partial charge in [0.2, 0.25) is 0 Å². The molecule has 0 aromatic heterocycles. The monoisotopic (exact) mass is 402 g/mol. The van der Waals surface area contributed by atoms with E-state index in [4.69, 9.17) is 31.4 Å². The molecule has 3 atom stereocenters. The molecule has 1 aromatic rings. The summed E-state index contributed by atoms with van der Waals surface area (Å²) in [6.45, 7) is -11.9. The summed E-state index contributed by atoms with van der Waals surface area (Å²) < 4.78 is 92.4. The number of esters is 1. The first kappa shape index (κ1) is 10.9. The van der Waals surface area contributed by atoms with Crippen LogP contribution in [0, 0.1) is 17.7 Å². The fourth-order valence-corrected chi connectivity index (χ4v) is 3.16. The standard InChI is InChI=1S/C22H30ClNO3/c1-3-24(4-2)16-10-11-17-27-21(25)22(26,18-12-6-5-7-13-18)19-14-8-9-15-20(19)23/h5-7,12-13,19-20,26H,3-4,8-9,14-17H2,1-2H3/i1D3,3D2,16D2,17D2,19D,20D. The van der Waals surface area contributed by atoms with Crippen molar-refractivity contribution in [1.82, 2.24) is 4.90 Å². The molecule has 0 spiro atoms. The van der Waals surface area contributed by atoms with Gasteiger partial charge in [-0.15, -0.1) is 11.6 Å². The molecule has 0 saturated heterocycles. The average molecular weight is 403 g/mol. The largest absolute Gasteiger partial charge is 0.450 e. The Hall–Kier alpha value is -1.54. The van der Waals surface area contributed by atoms with Crippen molar-refractivity contribution in [3.63, 3.8) is 0 Å². The molecule has 4 nitrogen and oxygen atoms in total. The van der Waals surface area contributed by atoms with Crippen LogP contribution < -0.4 is 0 Å². The van der Waals surface area contributed by atoms with Crippen LogP contribution >= 0.6 is 11.6 Å².